The highest BCUT2D eigenvalue weighted by Gasteiger charge is 2.24. The van der Waals surface area contributed by atoms with Crippen LogP contribution < -0.4 is 5.32 Å². The van der Waals surface area contributed by atoms with Gasteiger partial charge < -0.3 is 5.32 Å². The largest absolute Gasteiger partial charge is 0.310 e. The van der Waals surface area contributed by atoms with Crippen molar-refractivity contribution >= 4 is 11.6 Å². The molecule has 1 aromatic rings. The number of fused-ring (bicyclic) bond motifs is 1. The van der Waals surface area contributed by atoms with Gasteiger partial charge in [-0.1, -0.05) is 18.5 Å². The maximum atomic E-state index is 13.2. The molecule has 2 rings (SSSR count). The van der Waals surface area contributed by atoms with E-state index in [4.69, 9.17) is 11.6 Å². The molecule has 0 aromatic heterocycles. The van der Waals surface area contributed by atoms with Crippen LogP contribution in [0.1, 0.15) is 36.9 Å². The fourth-order valence-corrected chi connectivity index (χ4v) is 2.48. The van der Waals surface area contributed by atoms with E-state index in [1.165, 1.54) is 6.07 Å². The lowest BCUT2D eigenvalue weighted by molar-refractivity contribution is 0.526. The molecule has 1 aromatic carbocycles. The van der Waals surface area contributed by atoms with E-state index < -0.39 is 0 Å². The van der Waals surface area contributed by atoms with Crippen LogP contribution in [-0.2, 0) is 6.42 Å². The molecule has 1 aliphatic rings. The SMILES string of the molecule is CCCNC1CCc2c(Cl)cc(F)cc21. The molecule has 0 saturated carbocycles. The van der Waals surface area contributed by atoms with Gasteiger partial charge in [0.1, 0.15) is 5.82 Å². The average molecular weight is 228 g/mol. The van der Waals surface area contributed by atoms with Gasteiger partial charge in [0.05, 0.1) is 0 Å². The lowest BCUT2D eigenvalue weighted by Gasteiger charge is -2.13. The second kappa shape index (κ2) is 4.50. The molecular weight excluding hydrogens is 213 g/mol. The van der Waals surface area contributed by atoms with Crippen LogP contribution in [0.4, 0.5) is 4.39 Å². The van der Waals surface area contributed by atoms with Crippen LogP contribution >= 0.6 is 11.6 Å². The van der Waals surface area contributed by atoms with Gasteiger partial charge in [-0.15, -0.1) is 0 Å². The van der Waals surface area contributed by atoms with Crippen molar-refractivity contribution in [2.75, 3.05) is 6.54 Å². The molecule has 15 heavy (non-hydrogen) atoms. The summed E-state index contributed by atoms with van der Waals surface area (Å²) in [5.41, 5.74) is 2.17. The second-order valence-electron chi connectivity index (χ2n) is 4.00. The molecule has 0 spiro atoms. The predicted molar refractivity (Wildman–Crippen MR) is 60.8 cm³/mol. The monoisotopic (exact) mass is 227 g/mol. The van der Waals surface area contributed by atoms with Crippen LogP contribution in [0, 0.1) is 5.82 Å². The van der Waals surface area contributed by atoms with Gasteiger partial charge in [-0.2, -0.15) is 0 Å². The first kappa shape index (κ1) is 10.9. The minimum absolute atomic E-state index is 0.232. The van der Waals surface area contributed by atoms with Gasteiger partial charge in [-0.05, 0) is 49.1 Å². The van der Waals surface area contributed by atoms with E-state index in [9.17, 15) is 4.39 Å². The first-order valence-electron chi connectivity index (χ1n) is 5.43. The van der Waals surface area contributed by atoms with Crippen molar-refractivity contribution in [3.05, 3.63) is 34.1 Å². The summed E-state index contributed by atoms with van der Waals surface area (Å²) in [6.07, 6.45) is 3.07. The molecule has 1 aliphatic carbocycles. The van der Waals surface area contributed by atoms with Crippen molar-refractivity contribution < 1.29 is 4.39 Å². The second-order valence-corrected chi connectivity index (χ2v) is 4.41. The summed E-state index contributed by atoms with van der Waals surface area (Å²) in [5.74, 6) is -0.232. The van der Waals surface area contributed by atoms with Crippen molar-refractivity contribution in [1.82, 2.24) is 5.32 Å². The molecule has 0 aliphatic heterocycles. The number of benzene rings is 1. The molecule has 1 N–H and O–H groups in total. The van der Waals surface area contributed by atoms with E-state index in [0.29, 0.717) is 5.02 Å². The Kier molecular flexibility index (Phi) is 3.27. The maximum absolute atomic E-state index is 13.2. The van der Waals surface area contributed by atoms with Gasteiger partial charge in [-0.3, -0.25) is 0 Å². The molecule has 82 valence electrons. The third-order valence-electron chi connectivity index (χ3n) is 2.89. The molecule has 0 amide bonds. The Bertz CT molecular complexity index is 365. The molecule has 1 unspecified atom stereocenters. The smallest absolute Gasteiger partial charge is 0.125 e. The number of hydrogen-bond donors (Lipinski definition) is 1. The summed E-state index contributed by atoms with van der Waals surface area (Å²) in [5, 5.41) is 3.99. The Labute approximate surface area is 94.6 Å². The molecule has 0 fully saturated rings. The molecule has 1 nitrogen and oxygen atoms in total. The first-order valence-corrected chi connectivity index (χ1v) is 5.81. The Balaban J connectivity index is 2.25. The Morgan fingerprint density at radius 3 is 3.07 bits per heavy atom. The summed E-state index contributed by atoms with van der Waals surface area (Å²) in [6, 6.07) is 3.30. The summed E-state index contributed by atoms with van der Waals surface area (Å²) in [4.78, 5) is 0. The Hall–Kier alpha value is -0.600. The third-order valence-corrected chi connectivity index (χ3v) is 3.23. The van der Waals surface area contributed by atoms with Crippen molar-refractivity contribution in [2.24, 2.45) is 0 Å². The van der Waals surface area contributed by atoms with Crippen LogP contribution in [0.3, 0.4) is 0 Å². The van der Waals surface area contributed by atoms with E-state index in [-0.39, 0.29) is 11.9 Å². The summed E-state index contributed by atoms with van der Waals surface area (Å²) < 4.78 is 13.2. The fourth-order valence-electron chi connectivity index (χ4n) is 2.17. The van der Waals surface area contributed by atoms with E-state index >= 15 is 0 Å². The van der Waals surface area contributed by atoms with Crippen molar-refractivity contribution in [2.45, 2.75) is 32.2 Å². The van der Waals surface area contributed by atoms with E-state index in [0.717, 1.165) is 36.9 Å². The zero-order valence-corrected chi connectivity index (χ0v) is 9.57. The molecule has 0 radical (unpaired) electrons. The summed E-state index contributed by atoms with van der Waals surface area (Å²) in [6.45, 7) is 3.10. The van der Waals surface area contributed by atoms with Gasteiger partial charge in [0.2, 0.25) is 0 Å². The normalized spacial score (nSPS) is 19.3. The van der Waals surface area contributed by atoms with Crippen LogP contribution in [0.5, 0.6) is 0 Å². The minimum Gasteiger partial charge on any atom is -0.310 e. The van der Waals surface area contributed by atoms with Gasteiger partial charge in [0.25, 0.3) is 0 Å². The number of rotatable bonds is 3. The van der Waals surface area contributed by atoms with Gasteiger partial charge >= 0.3 is 0 Å². The lowest BCUT2D eigenvalue weighted by Crippen LogP contribution is -2.19. The number of nitrogens with one attached hydrogen (secondary N) is 1. The molecule has 1 atom stereocenters. The molecule has 0 saturated heterocycles. The quantitative estimate of drug-likeness (QED) is 0.834. The summed E-state index contributed by atoms with van der Waals surface area (Å²) >= 11 is 6.01. The van der Waals surface area contributed by atoms with E-state index in [2.05, 4.69) is 12.2 Å². The lowest BCUT2D eigenvalue weighted by atomic mass is 10.1. The molecule has 0 heterocycles. The van der Waals surface area contributed by atoms with Crippen molar-refractivity contribution in [3.63, 3.8) is 0 Å². The molecule has 0 bridgehead atoms. The number of hydrogen-bond acceptors (Lipinski definition) is 1. The highest BCUT2D eigenvalue weighted by atomic mass is 35.5. The molecular formula is C12H15ClFN. The third kappa shape index (κ3) is 2.16. The highest BCUT2D eigenvalue weighted by Crippen LogP contribution is 2.36. The van der Waals surface area contributed by atoms with Crippen LogP contribution in [-0.4, -0.2) is 6.54 Å². The molecule has 3 heteroatoms. The predicted octanol–water partition coefficient (Wildman–Crippen LogP) is 3.47. The maximum Gasteiger partial charge on any atom is 0.125 e. The van der Waals surface area contributed by atoms with Crippen LogP contribution in [0.25, 0.3) is 0 Å². The van der Waals surface area contributed by atoms with Gasteiger partial charge in [0.15, 0.2) is 0 Å². The van der Waals surface area contributed by atoms with E-state index in [1.807, 2.05) is 0 Å². The highest BCUT2D eigenvalue weighted by molar-refractivity contribution is 6.31. The van der Waals surface area contributed by atoms with Crippen LogP contribution in [0.15, 0.2) is 12.1 Å². The average Bonchev–Trinajstić information content (AvgIpc) is 2.58. The number of halogens is 2. The Morgan fingerprint density at radius 1 is 1.53 bits per heavy atom. The van der Waals surface area contributed by atoms with Gasteiger partial charge in [-0.25, -0.2) is 4.39 Å². The van der Waals surface area contributed by atoms with Gasteiger partial charge in [0, 0.05) is 11.1 Å². The zero-order chi connectivity index (χ0) is 10.8. The van der Waals surface area contributed by atoms with E-state index in [1.54, 1.807) is 6.07 Å². The topological polar surface area (TPSA) is 12.0 Å². The first-order chi connectivity index (χ1) is 7.22. The Morgan fingerprint density at radius 2 is 2.33 bits per heavy atom. The zero-order valence-electron chi connectivity index (χ0n) is 8.82. The summed E-state index contributed by atoms with van der Waals surface area (Å²) in [7, 11) is 0. The van der Waals surface area contributed by atoms with Crippen LogP contribution in [0.2, 0.25) is 5.02 Å². The standard InChI is InChI=1S/C12H15ClFN/c1-2-5-15-12-4-3-9-10(12)6-8(14)7-11(9)13/h6-7,12,15H,2-5H2,1H3. The minimum atomic E-state index is -0.232. The fraction of sp³-hybridized carbons (Fsp3) is 0.500. The van der Waals surface area contributed by atoms with Crippen molar-refractivity contribution in [3.8, 4) is 0 Å². The van der Waals surface area contributed by atoms with Crippen molar-refractivity contribution in [1.29, 1.82) is 0 Å².